The van der Waals surface area contributed by atoms with Gasteiger partial charge in [-0.1, -0.05) is 13.3 Å². The maximum Gasteiger partial charge on any atom is 0.232 e. The van der Waals surface area contributed by atoms with E-state index in [0.29, 0.717) is 6.54 Å². The lowest BCUT2D eigenvalue weighted by molar-refractivity contribution is -0.125. The van der Waals surface area contributed by atoms with E-state index >= 15 is 0 Å². The van der Waals surface area contributed by atoms with Gasteiger partial charge in [-0.15, -0.1) is 0 Å². The molecule has 2 N–H and O–H groups in total. The Morgan fingerprint density at radius 3 is 3.11 bits per heavy atom. The minimum atomic E-state index is -0.497. The molecular formula is C13H18FN3O. The molecular weight excluding hydrogens is 233 g/mol. The van der Waals surface area contributed by atoms with E-state index in [-0.39, 0.29) is 11.6 Å². The zero-order valence-corrected chi connectivity index (χ0v) is 10.5. The highest BCUT2D eigenvalue weighted by Crippen LogP contribution is 2.32. The van der Waals surface area contributed by atoms with Crippen molar-refractivity contribution in [3.05, 3.63) is 24.3 Å². The normalized spacial score (nSPS) is 23.0. The molecule has 1 fully saturated rings. The van der Waals surface area contributed by atoms with Crippen molar-refractivity contribution in [2.24, 2.45) is 5.41 Å². The van der Waals surface area contributed by atoms with Crippen molar-refractivity contribution in [3.8, 4) is 0 Å². The molecule has 1 aromatic rings. The van der Waals surface area contributed by atoms with Gasteiger partial charge in [0.1, 0.15) is 0 Å². The largest absolute Gasteiger partial charge is 0.323 e. The van der Waals surface area contributed by atoms with E-state index < -0.39 is 11.2 Å². The van der Waals surface area contributed by atoms with Crippen LogP contribution in [-0.2, 0) is 4.79 Å². The maximum absolute atomic E-state index is 13.5. The number of amides is 1. The van der Waals surface area contributed by atoms with Gasteiger partial charge in [-0.3, -0.25) is 9.78 Å². The second-order valence-corrected chi connectivity index (χ2v) is 4.77. The second kappa shape index (κ2) is 5.44. The zero-order chi connectivity index (χ0) is 13.0. The minimum absolute atomic E-state index is 0.0977. The molecule has 98 valence electrons. The molecule has 1 saturated heterocycles. The van der Waals surface area contributed by atoms with Crippen LogP contribution >= 0.6 is 0 Å². The average molecular weight is 251 g/mol. The summed E-state index contributed by atoms with van der Waals surface area (Å²) in [7, 11) is 0. The summed E-state index contributed by atoms with van der Waals surface area (Å²) in [6, 6.07) is 1.48. The highest BCUT2D eigenvalue weighted by molar-refractivity contribution is 5.95. The number of carbonyl (C=O) groups excluding carboxylic acids is 1. The van der Waals surface area contributed by atoms with E-state index in [4.69, 9.17) is 0 Å². The third-order valence-electron chi connectivity index (χ3n) is 3.47. The Labute approximate surface area is 106 Å². The molecule has 4 nitrogen and oxygen atoms in total. The molecule has 1 atom stereocenters. The standard InChI is InChI=1S/C13H18FN3O/c1-2-4-13(5-7-16-9-13)12(18)17-11-3-6-15-8-10(11)14/h3,6,8,16H,2,4-5,7,9H2,1H3,(H,15,17,18). The molecule has 1 unspecified atom stereocenters. The van der Waals surface area contributed by atoms with Crippen molar-refractivity contribution in [2.45, 2.75) is 26.2 Å². The second-order valence-electron chi connectivity index (χ2n) is 4.77. The summed E-state index contributed by atoms with van der Waals surface area (Å²) >= 11 is 0. The molecule has 0 aromatic carbocycles. The SMILES string of the molecule is CCCC1(C(=O)Nc2ccncc2F)CCNC1. The van der Waals surface area contributed by atoms with Crippen LogP contribution in [0.15, 0.2) is 18.5 Å². The molecule has 1 amide bonds. The zero-order valence-electron chi connectivity index (χ0n) is 10.5. The van der Waals surface area contributed by atoms with Crippen LogP contribution in [0.1, 0.15) is 26.2 Å². The van der Waals surface area contributed by atoms with Crippen LogP contribution in [0.25, 0.3) is 0 Å². The van der Waals surface area contributed by atoms with Crippen LogP contribution in [0.3, 0.4) is 0 Å². The van der Waals surface area contributed by atoms with Crippen molar-refractivity contribution < 1.29 is 9.18 Å². The van der Waals surface area contributed by atoms with Gasteiger partial charge in [-0.05, 0) is 25.5 Å². The number of nitrogens with one attached hydrogen (secondary N) is 2. The molecule has 1 aliphatic heterocycles. The highest BCUT2D eigenvalue weighted by atomic mass is 19.1. The molecule has 5 heteroatoms. The first-order valence-corrected chi connectivity index (χ1v) is 6.30. The van der Waals surface area contributed by atoms with Gasteiger partial charge in [0.05, 0.1) is 17.3 Å². The Balaban J connectivity index is 2.13. The Morgan fingerprint density at radius 1 is 1.67 bits per heavy atom. The number of nitrogens with zero attached hydrogens (tertiary/aromatic N) is 1. The summed E-state index contributed by atoms with van der Waals surface area (Å²) in [6.45, 7) is 3.56. The summed E-state index contributed by atoms with van der Waals surface area (Å²) in [6.07, 6.45) is 5.14. The molecule has 1 aromatic heterocycles. The lowest BCUT2D eigenvalue weighted by Crippen LogP contribution is -2.38. The molecule has 0 saturated carbocycles. The third kappa shape index (κ3) is 2.51. The molecule has 0 bridgehead atoms. The molecule has 1 aliphatic rings. The Hall–Kier alpha value is -1.49. The fraction of sp³-hybridized carbons (Fsp3) is 0.538. The number of halogens is 1. The fourth-order valence-corrected chi connectivity index (χ4v) is 2.47. The van der Waals surface area contributed by atoms with Crippen molar-refractivity contribution in [1.82, 2.24) is 10.3 Å². The van der Waals surface area contributed by atoms with Crippen LogP contribution in [-0.4, -0.2) is 24.0 Å². The van der Waals surface area contributed by atoms with E-state index in [0.717, 1.165) is 32.0 Å². The number of carbonyl (C=O) groups is 1. The van der Waals surface area contributed by atoms with Crippen molar-refractivity contribution in [3.63, 3.8) is 0 Å². The van der Waals surface area contributed by atoms with E-state index in [2.05, 4.69) is 22.5 Å². The molecule has 18 heavy (non-hydrogen) atoms. The van der Waals surface area contributed by atoms with E-state index in [1.165, 1.54) is 12.3 Å². The summed E-state index contributed by atoms with van der Waals surface area (Å²) in [5.74, 6) is -0.595. The molecule has 2 rings (SSSR count). The van der Waals surface area contributed by atoms with Gasteiger partial charge >= 0.3 is 0 Å². The smallest absolute Gasteiger partial charge is 0.232 e. The number of aromatic nitrogens is 1. The summed E-state index contributed by atoms with van der Waals surface area (Å²) in [5.41, 5.74) is -0.192. The Kier molecular flexibility index (Phi) is 3.91. The van der Waals surface area contributed by atoms with Gasteiger partial charge in [0.2, 0.25) is 5.91 Å². The van der Waals surface area contributed by atoms with Crippen LogP contribution in [0.2, 0.25) is 0 Å². The molecule has 2 heterocycles. The van der Waals surface area contributed by atoms with Crippen LogP contribution < -0.4 is 10.6 Å². The van der Waals surface area contributed by atoms with Crippen molar-refractivity contribution in [2.75, 3.05) is 18.4 Å². The first-order chi connectivity index (χ1) is 8.68. The molecule has 0 aliphatic carbocycles. The first-order valence-electron chi connectivity index (χ1n) is 6.30. The van der Waals surface area contributed by atoms with Crippen molar-refractivity contribution in [1.29, 1.82) is 0 Å². The van der Waals surface area contributed by atoms with Gasteiger partial charge < -0.3 is 10.6 Å². The lowest BCUT2D eigenvalue weighted by atomic mass is 9.81. The Bertz CT molecular complexity index is 430. The van der Waals surface area contributed by atoms with Gasteiger partial charge in [0, 0.05) is 12.7 Å². The number of hydrogen-bond acceptors (Lipinski definition) is 3. The fourth-order valence-electron chi connectivity index (χ4n) is 2.47. The Morgan fingerprint density at radius 2 is 2.50 bits per heavy atom. The number of anilines is 1. The minimum Gasteiger partial charge on any atom is -0.323 e. The average Bonchev–Trinajstić information content (AvgIpc) is 2.82. The first kappa shape index (κ1) is 13.0. The summed E-state index contributed by atoms with van der Waals surface area (Å²) in [5, 5.41) is 5.90. The van der Waals surface area contributed by atoms with E-state index in [9.17, 15) is 9.18 Å². The summed E-state index contributed by atoms with van der Waals surface area (Å²) in [4.78, 5) is 16.0. The van der Waals surface area contributed by atoms with E-state index in [1.807, 2.05) is 0 Å². The van der Waals surface area contributed by atoms with E-state index in [1.54, 1.807) is 0 Å². The monoisotopic (exact) mass is 251 g/mol. The van der Waals surface area contributed by atoms with Gasteiger partial charge in [-0.2, -0.15) is 0 Å². The number of pyridine rings is 1. The third-order valence-corrected chi connectivity index (χ3v) is 3.47. The number of rotatable bonds is 4. The van der Waals surface area contributed by atoms with Gasteiger partial charge in [0.25, 0.3) is 0 Å². The molecule has 0 spiro atoms. The molecule has 0 radical (unpaired) electrons. The van der Waals surface area contributed by atoms with Gasteiger partial charge in [0.15, 0.2) is 5.82 Å². The predicted octanol–water partition coefficient (Wildman–Crippen LogP) is 1.94. The predicted molar refractivity (Wildman–Crippen MR) is 67.7 cm³/mol. The van der Waals surface area contributed by atoms with Crippen LogP contribution in [0.5, 0.6) is 0 Å². The topological polar surface area (TPSA) is 54.0 Å². The number of hydrogen-bond donors (Lipinski definition) is 2. The van der Waals surface area contributed by atoms with Gasteiger partial charge in [-0.25, -0.2) is 4.39 Å². The van der Waals surface area contributed by atoms with Crippen molar-refractivity contribution >= 4 is 11.6 Å². The quantitative estimate of drug-likeness (QED) is 0.859. The highest BCUT2D eigenvalue weighted by Gasteiger charge is 2.40. The van der Waals surface area contributed by atoms with Crippen LogP contribution in [0, 0.1) is 11.2 Å². The lowest BCUT2D eigenvalue weighted by Gasteiger charge is -2.26. The summed E-state index contributed by atoms with van der Waals surface area (Å²) < 4.78 is 13.5. The maximum atomic E-state index is 13.5. The van der Waals surface area contributed by atoms with Crippen LogP contribution in [0.4, 0.5) is 10.1 Å².